The summed E-state index contributed by atoms with van der Waals surface area (Å²) in [6.07, 6.45) is 2.33. The van der Waals surface area contributed by atoms with Crippen LogP contribution in [-0.4, -0.2) is 50.7 Å². The maximum Gasteiger partial charge on any atom is 0.409 e. The normalized spacial score (nSPS) is 19.7. The van der Waals surface area contributed by atoms with E-state index in [0.717, 1.165) is 4.90 Å². The van der Waals surface area contributed by atoms with Gasteiger partial charge in [-0.15, -0.1) is 0 Å². The van der Waals surface area contributed by atoms with Crippen molar-refractivity contribution in [2.24, 2.45) is 0 Å². The number of hydrogen-bond acceptors (Lipinski definition) is 5. The Morgan fingerprint density at radius 3 is 2.83 bits per heavy atom. The number of aromatic nitrogens is 2. The van der Waals surface area contributed by atoms with E-state index in [1.54, 1.807) is 23.0 Å². The van der Waals surface area contributed by atoms with Crippen LogP contribution in [0.1, 0.15) is 36.2 Å². The first-order valence-corrected chi connectivity index (χ1v) is 11.2. The minimum absolute atomic E-state index is 0.0842. The van der Waals surface area contributed by atoms with Crippen LogP contribution in [0.25, 0.3) is 10.9 Å². The van der Waals surface area contributed by atoms with Gasteiger partial charge in [0.05, 0.1) is 23.3 Å². The smallest absolute Gasteiger partial charge is 0.409 e. The fourth-order valence-corrected chi connectivity index (χ4v) is 4.35. The van der Waals surface area contributed by atoms with Crippen LogP contribution in [0.2, 0.25) is 5.02 Å². The van der Waals surface area contributed by atoms with Gasteiger partial charge in [-0.3, -0.25) is 14.6 Å². The van der Waals surface area contributed by atoms with E-state index in [2.05, 4.69) is 10.3 Å². The van der Waals surface area contributed by atoms with Crippen molar-refractivity contribution in [2.75, 3.05) is 6.54 Å². The van der Waals surface area contributed by atoms with Crippen molar-refractivity contribution < 1.29 is 27.9 Å². The fraction of sp³-hybridized carbons (Fsp3) is 0.333. The second kappa shape index (κ2) is 9.61. The molecule has 1 N–H and O–H groups in total. The third kappa shape index (κ3) is 5.27. The van der Waals surface area contributed by atoms with Gasteiger partial charge in [-0.05, 0) is 26.0 Å². The standard InChI is InChI=1S/C24H23ClF2N4O4/c1-14(32)17-11-30(19-10-28-7-6-16(17)19)12-20(33)31-13-24(2,27)8-21(31)35-23(34)29-9-15-4-3-5-18(25)22(15)26/h3-7,10-11,21H,8-9,12-13H2,1-2H3,(H,29,34)/t21-,24+/m0/s1. The van der Waals surface area contributed by atoms with Crippen molar-refractivity contribution >= 4 is 40.3 Å². The van der Waals surface area contributed by atoms with Crippen LogP contribution >= 0.6 is 11.6 Å². The van der Waals surface area contributed by atoms with E-state index in [-0.39, 0.29) is 42.4 Å². The van der Waals surface area contributed by atoms with Crippen molar-refractivity contribution in [1.82, 2.24) is 19.8 Å². The summed E-state index contributed by atoms with van der Waals surface area (Å²) in [7, 11) is 0. The number of pyridine rings is 1. The number of ether oxygens (including phenoxy) is 1. The van der Waals surface area contributed by atoms with Crippen LogP contribution in [0.4, 0.5) is 13.6 Å². The Kier molecular flexibility index (Phi) is 6.75. The lowest BCUT2D eigenvalue weighted by atomic mass is 10.1. The summed E-state index contributed by atoms with van der Waals surface area (Å²) < 4.78 is 35.8. The molecule has 1 aromatic carbocycles. The number of rotatable bonds is 6. The second-order valence-corrected chi connectivity index (χ2v) is 9.09. The highest BCUT2D eigenvalue weighted by molar-refractivity contribution is 6.30. The molecular weight excluding hydrogens is 482 g/mol. The van der Waals surface area contributed by atoms with Gasteiger partial charge in [0.2, 0.25) is 5.91 Å². The van der Waals surface area contributed by atoms with E-state index < -0.39 is 29.7 Å². The minimum atomic E-state index is -1.77. The number of likely N-dealkylation sites (tertiary alicyclic amines) is 1. The molecule has 2 atom stereocenters. The molecule has 2 amide bonds. The quantitative estimate of drug-likeness (QED) is 0.507. The SMILES string of the molecule is CC(=O)c1cn(CC(=O)N2C[C@](C)(F)C[C@@H]2OC(=O)NCc2cccc(Cl)c2F)c2cnccc12. The number of Topliss-reactive ketones (excluding diaryl/α,β-unsaturated/α-hetero) is 1. The topological polar surface area (TPSA) is 93.5 Å². The van der Waals surface area contributed by atoms with Crippen molar-refractivity contribution in [2.45, 2.75) is 45.3 Å². The zero-order valence-electron chi connectivity index (χ0n) is 19.1. The minimum Gasteiger partial charge on any atom is -0.425 e. The van der Waals surface area contributed by atoms with E-state index in [4.69, 9.17) is 16.3 Å². The zero-order chi connectivity index (χ0) is 25.3. The lowest BCUT2D eigenvalue weighted by Gasteiger charge is -2.24. The Morgan fingerprint density at radius 1 is 1.31 bits per heavy atom. The number of alkyl carbamates (subject to hydrolysis) is 1. The molecule has 184 valence electrons. The molecule has 11 heteroatoms. The van der Waals surface area contributed by atoms with Gasteiger partial charge >= 0.3 is 6.09 Å². The van der Waals surface area contributed by atoms with Crippen LogP contribution in [-0.2, 0) is 22.6 Å². The summed E-state index contributed by atoms with van der Waals surface area (Å²) in [6.45, 7) is 2.06. The van der Waals surface area contributed by atoms with E-state index in [9.17, 15) is 23.2 Å². The summed E-state index contributed by atoms with van der Waals surface area (Å²) in [5.41, 5.74) is -0.609. The number of nitrogens with zero attached hydrogens (tertiary/aromatic N) is 3. The summed E-state index contributed by atoms with van der Waals surface area (Å²) >= 11 is 5.74. The molecule has 0 spiro atoms. The molecule has 3 heterocycles. The van der Waals surface area contributed by atoms with Crippen LogP contribution in [0.15, 0.2) is 42.9 Å². The van der Waals surface area contributed by atoms with Crippen LogP contribution < -0.4 is 5.32 Å². The molecule has 0 bridgehead atoms. The lowest BCUT2D eigenvalue weighted by Crippen LogP contribution is -2.42. The average molecular weight is 505 g/mol. The molecule has 1 aliphatic heterocycles. The highest BCUT2D eigenvalue weighted by atomic mass is 35.5. The predicted molar refractivity (Wildman–Crippen MR) is 124 cm³/mol. The largest absolute Gasteiger partial charge is 0.425 e. The summed E-state index contributed by atoms with van der Waals surface area (Å²) in [6, 6.07) is 6.06. The van der Waals surface area contributed by atoms with Gasteiger partial charge in [-0.2, -0.15) is 0 Å². The van der Waals surface area contributed by atoms with E-state index in [0.29, 0.717) is 16.5 Å². The number of carbonyl (C=O) groups is 3. The molecule has 1 aliphatic rings. The van der Waals surface area contributed by atoms with E-state index in [1.807, 2.05) is 0 Å². The first-order chi connectivity index (χ1) is 16.6. The number of amides is 2. The highest BCUT2D eigenvalue weighted by Crippen LogP contribution is 2.32. The highest BCUT2D eigenvalue weighted by Gasteiger charge is 2.45. The number of nitrogens with one attached hydrogen (secondary N) is 1. The molecular formula is C24H23ClF2N4O4. The molecule has 0 saturated carbocycles. The van der Waals surface area contributed by atoms with Gasteiger partial charge in [0.1, 0.15) is 18.0 Å². The molecule has 0 aliphatic carbocycles. The van der Waals surface area contributed by atoms with Crippen molar-refractivity contribution in [3.63, 3.8) is 0 Å². The molecule has 2 aromatic heterocycles. The van der Waals surface area contributed by atoms with Crippen molar-refractivity contribution in [1.29, 1.82) is 0 Å². The molecule has 1 saturated heterocycles. The lowest BCUT2D eigenvalue weighted by molar-refractivity contribution is -0.138. The van der Waals surface area contributed by atoms with Gasteiger partial charge in [0, 0.05) is 41.9 Å². The summed E-state index contributed by atoms with van der Waals surface area (Å²) in [4.78, 5) is 42.7. The van der Waals surface area contributed by atoms with Gasteiger partial charge in [-0.1, -0.05) is 23.7 Å². The number of alkyl halides is 1. The second-order valence-electron chi connectivity index (χ2n) is 8.69. The number of fused-ring (bicyclic) bond motifs is 1. The average Bonchev–Trinajstić information content (AvgIpc) is 3.31. The maximum atomic E-state index is 14.8. The predicted octanol–water partition coefficient (Wildman–Crippen LogP) is 4.24. The fourth-order valence-electron chi connectivity index (χ4n) is 4.15. The number of halogens is 3. The van der Waals surface area contributed by atoms with Gasteiger partial charge in [0.15, 0.2) is 12.0 Å². The third-order valence-corrected chi connectivity index (χ3v) is 6.13. The number of carbonyl (C=O) groups excluding carboxylic acids is 3. The van der Waals surface area contributed by atoms with Gasteiger partial charge in [-0.25, -0.2) is 13.6 Å². The van der Waals surface area contributed by atoms with Crippen LogP contribution in [0.3, 0.4) is 0 Å². The van der Waals surface area contributed by atoms with Crippen LogP contribution in [0, 0.1) is 5.82 Å². The first-order valence-electron chi connectivity index (χ1n) is 10.9. The maximum absolute atomic E-state index is 14.8. The van der Waals surface area contributed by atoms with Gasteiger partial charge < -0.3 is 19.5 Å². The van der Waals surface area contributed by atoms with Crippen molar-refractivity contribution in [3.05, 3.63) is 64.8 Å². The molecule has 1 fully saturated rings. The Balaban J connectivity index is 1.47. The van der Waals surface area contributed by atoms with Gasteiger partial charge in [0.25, 0.3) is 0 Å². The molecule has 0 radical (unpaired) electrons. The first kappa shape index (κ1) is 24.6. The number of ketones is 1. The van der Waals surface area contributed by atoms with Crippen molar-refractivity contribution in [3.8, 4) is 0 Å². The summed E-state index contributed by atoms with van der Waals surface area (Å²) in [5.74, 6) is -1.33. The number of hydrogen-bond donors (Lipinski definition) is 1. The van der Waals surface area contributed by atoms with E-state index in [1.165, 1.54) is 38.2 Å². The monoisotopic (exact) mass is 504 g/mol. The number of benzene rings is 1. The molecule has 0 unspecified atom stereocenters. The summed E-state index contributed by atoms with van der Waals surface area (Å²) in [5, 5.41) is 2.97. The Labute approximate surface area is 204 Å². The Morgan fingerprint density at radius 2 is 2.09 bits per heavy atom. The molecule has 4 rings (SSSR count). The van der Waals surface area contributed by atoms with E-state index >= 15 is 0 Å². The molecule has 3 aromatic rings. The molecule has 8 nitrogen and oxygen atoms in total. The zero-order valence-corrected chi connectivity index (χ0v) is 19.8. The Hall–Kier alpha value is -3.53. The molecule has 35 heavy (non-hydrogen) atoms. The van der Waals surface area contributed by atoms with Crippen LogP contribution in [0.5, 0.6) is 0 Å². The Bertz CT molecular complexity index is 1310. The third-order valence-electron chi connectivity index (χ3n) is 5.84.